The van der Waals surface area contributed by atoms with Gasteiger partial charge < -0.3 is 28.4 Å². The first-order valence-corrected chi connectivity index (χ1v) is 16.8. The molecule has 11 nitrogen and oxygen atoms in total. The first-order chi connectivity index (χ1) is 24.7. The number of hydrogen-bond donors (Lipinski definition) is 0. The summed E-state index contributed by atoms with van der Waals surface area (Å²) in [5.74, 6) is -1.17. The van der Waals surface area contributed by atoms with Crippen molar-refractivity contribution in [2.45, 2.75) is 58.3 Å². The average Bonchev–Trinajstić information content (AvgIpc) is 3.14. The maximum atomic E-state index is 12.9. The highest BCUT2D eigenvalue weighted by Gasteiger charge is 2.17. The van der Waals surface area contributed by atoms with Gasteiger partial charge in [-0.05, 0) is 125 Å². The molecule has 0 saturated heterocycles. The van der Waals surface area contributed by atoms with Crippen LogP contribution in [0.25, 0.3) is 0 Å². The first-order valence-electron chi connectivity index (χ1n) is 16.8. The van der Waals surface area contributed by atoms with Crippen LogP contribution in [0, 0.1) is 0 Å². The van der Waals surface area contributed by atoms with Gasteiger partial charge in [-0.15, -0.1) is 0 Å². The Morgan fingerprint density at radius 1 is 0.529 bits per heavy atom. The SMILES string of the molecule is C=CC(=O)OCCCCCCOc1ccc(C(=O)Oc2ccc(OC(=O)c3ccc(OCCCCCCOC(=O)C=C)cc3)c(C(C)=O)c2)cc1. The molecule has 11 heteroatoms. The number of unbranched alkanes of at least 4 members (excludes halogenated alkanes) is 6. The molecule has 0 amide bonds. The summed E-state index contributed by atoms with van der Waals surface area (Å²) in [7, 11) is 0. The van der Waals surface area contributed by atoms with Gasteiger partial charge in [0.15, 0.2) is 5.78 Å². The van der Waals surface area contributed by atoms with Gasteiger partial charge in [-0.1, -0.05) is 13.2 Å². The van der Waals surface area contributed by atoms with Crippen molar-refractivity contribution in [3.8, 4) is 23.0 Å². The Labute approximate surface area is 298 Å². The van der Waals surface area contributed by atoms with Gasteiger partial charge in [-0.25, -0.2) is 19.2 Å². The molecule has 0 N–H and O–H groups in total. The Morgan fingerprint density at radius 2 is 0.941 bits per heavy atom. The number of carbonyl (C=O) groups excluding carboxylic acids is 5. The molecule has 0 aliphatic carbocycles. The lowest BCUT2D eigenvalue weighted by atomic mass is 10.1. The molecule has 0 aliphatic heterocycles. The van der Waals surface area contributed by atoms with Gasteiger partial charge in [0, 0.05) is 12.2 Å². The van der Waals surface area contributed by atoms with Crippen LogP contribution in [-0.4, -0.2) is 56.1 Å². The summed E-state index contributed by atoms with van der Waals surface area (Å²) >= 11 is 0. The minimum atomic E-state index is -0.667. The highest BCUT2D eigenvalue weighted by Crippen LogP contribution is 2.27. The first kappa shape index (κ1) is 39.7. The Morgan fingerprint density at radius 3 is 1.37 bits per heavy atom. The van der Waals surface area contributed by atoms with Crippen LogP contribution in [0.15, 0.2) is 92.0 Å². The number of esters is 4. The number of benzene rings is 3. The Kier molecular flexibility index (Phi) is 17.2. The van der Waals surface area contributed by atoms with Gasteiger partial charge in [0.2, 0.25) is 0 Å². The van der Waals surface area contributed by atoms with Gasteiger partial charge in [0.1, 0.15) is 23.0 Å². The quantitative estimate of drug-likeness (QED) is 0.0316. The van der Waals surface area contributed by atoms with Gasteiger partial charge in [0.25, 0.3) is 0 Å². The van der Waals surface area contributed by atoms with Crippen LogP contribution >= 0.6 is 0 Å². The molecule has 51 heavy (non-hydrogen) atoms. The molecule has 0 saturated carbocycles. The van der Waals surface area contributed by atoms with Crippen LogP contribution in [0.2, 0.25) is 0 Å². The van der Waals surface area contributed by atoms with E-state index in [9.17, 15) is 24.0 Å². The molecule has 0 unspecified atom stereocenters. The zero-order chi connectivity index (χ0) is 36.8. The second-order valence-corrected chi connectivity index (χ2v) is 11.3. The minimum absolute atomic E-state index is 0.0320. The fourth-order valence-corrected chi connectivity index (χ4v) is 4.59. The summed E-state index contributed by atoms with van der Waals surface area (Å²) in [5, 5.41) is 0. The van der Waals surface area contributed by atoms with Crippen molar-refractivity contribution in [3.05, 3.63) is 109 Å². The largest absolute Gasteiger partial charge is 0.494 e. The van der Waals surface area contributed by atoms with E-state index in [1.165, 1.54) is 25.1 Å². The summed E-state index contributed by atoms with van der Waals surface area (Å²) in [5.41, 5.74) is 0.624. The van der Waals surface area contributed by atoms with E-state index in [0.29, 0.717) is 37.9 Å². The van der Waals surface area contributed by atoms with Crippen LogP contribution in [-0.2, 0) is 19.1 Å². The number of rotatable bonds is 23. The molecule has 3 rings (SSSR count). The molecule has 270 valence electrons. The summed E-state index contributed by atoms with van der Waals surface area (Å²) in [6.45, 7) is 9.77. The van der Waals surface area contributed by atoms with E-state index in [2.05, 4.69) is 13.2 Å². The van der Waals surface area contributed by atoms with Crippen molar-refractivity contribution in [2.75, 3.05) is 26.4 Å². The van der Waals surface area contributed by atoms with E-state index in [0.717, 1.165) is 63.5 Å². The topological polar surface area (TPSA) is 141 Å². The van der Waals surface area contributed by atoms with E-state index in [1.807, 2.05) is 0 Å². The van der Waals surface area contributed by atoms with Crippen LogP contribution < -0.4 is 18.9 Å². The second-order valence-electron chi connectivity index (χ2n) is 11.3. The molecular formula is C40H44O11. The minimum Gasteiger partial charge on any atom is -0.494 e. The lowest BCUT2D eigenvalue weighted by Gasteiger charge is -2.12. The van der Waals surface area contributed by atoms with E-state index >= 15 is 0 Å². The lowest BCUT2D eigenvalue weighted by molar-refractivity contribution is -0.138. The number of ketones is 1. The lowest BCUT2D eigenvalue weighted by Crippen LogP contribution is -2.12. The van der Waals surface area contributed by atoms with Crippen molar-refractivity contribution in [1.82, 2.24) is 0 Å². The summed E-state index contributed by atoms with van der Waals surface area (Å²) in [6.07, 6.45) is 9.11. The molecule has 3 aromatic rings. The highest BCUT2D eigenvalue weighted by molar-refractivity contribution is 6.00. The molecule has 0 aromatic heterocycles. The van der Waals surface area contributed by atoms with Gasteiger partial charge in [-0.3, -0.25) is 4.79 Å². The summed E-state index contributed by atoms with van der Waals surface area (Å²) in [6, 6.07) is 17.2. The third-order valence-corrected chi connectivity index (χ3v) is 7.36. The fraction of sp³-hybridized carbons (Fsp3) is 0.325. The molecular weight excluding hydrogens is 656 g/mol. The number of hydrogen-bond acceptors (Lipinski definition) is 11. The van der Waals surface area contributed by atoms with Crippen LogP contribution in [0.3, 0.4) is 0 Å². The smallest absolute Gasteiger partial charge is 0.343 e. The monoisotopic (exact) mass is 700 g/mol. The van der Waals surface area contributed by atoms with Crippen molar-refractivity contribution < 1.29 is 52.4 Å². The van der Waals surface area contributed by atoms with Crippen molar-refractivity contribution in [3.63, 3.8) is 0 Å². The van der Waals surface area contributed by atoms with E-state index in [4.69, 9.17) is 28.4 Å². The van der Waals surface area contributed by atoms with Crippen LogP contribution in [0.4, 0.5) is 0 Å². The molecule has 0 spiro atoms. The van der Waals surface area contributed by atoms with Crippen molar-refractivity contribution >= 4 is 29.7 Å². The molecule has 0 fully saturated rings. The average molecular weight is 701 g/mol. The number of ether oxygens (including phenoxy) is 6. The Balaban J connectivity index is 1.42. The van der Waals surface area contributed by atoms with Gasteiger partial charge in [0.05, 0.1) is 43.1 Å². The third kappa shape index (κ3) is 14.7. The molecule has 3 aromatic carbocycles. The third-order valence-electron chi connectivity index (χ3n) is 7.36. The Hall–Kier alpha value is -5.71. The predicted molar refractivity (Wildman–Crippen MR) is 189 cm³/mol. The molecule has 0 heterocycles. The number of carbonyl (C=O) groups is 5. The second kappa shape index (κ2) is 22.1. The zero-order valence-corrected chi connectivity index (χ0v) is 28.9. The fourth-order valence-electron chi connectivity index (χ4n) is 4.59. The summed E-state index contributed by atoms with van der Waals surface area (Å²) in [4.78, 5) is 60.1. The molecule has 0 radical (unpaired) electrons. The van der Waals surface area contributed by atoms with E-state index < -0.39 is 23.9 Å². The van der Waals surface area contributed by atoms with Crippen LogP contribution in [0.1, 0.15) is 89.4 Å². The zero-order valence-electron chi connectivity index (χ0n) is 28.9. The Bertz CT molecular complexity index is 1630. The maximum absolute atomic E-state index is 12.9. The predicted octanol–water partition coefficient (Wildman–Crippen LogP) is 7.66. The number of Topliss-reactive ketones (excluding diaryl/α,β-unsaturated/α-hetero) is 1. The molecule has 0 bridgehead atoms. The standard InChI is InChI=1S/C40H44O11/c1-4-37(42)48-26-12-8-6-10-24-46-32-18-14-30(15-19-32)39(44)50-34-22-23-36(35(28-34)29(3)41)51-40(45)31-16-20-33(21-17-31)47-25-11-7-9-13-27-49-38(43)5-2/h4-5,14-23,28H,1-2,6-13,24-27H2,3H3. The molecule has 0 aliphatic rings. The van der Waals surface area contributed by atoms with Gasteiger partial charge >= 0.3 is 23.9 Å². The molecule has 0 atom stereocenters. The van der Waals surface area contributed by atoms with Crippen LogP contribution in [0.5, 0.6) is 23.0 Å². The maximum Gasteiger partial charge on any atom is 0.343 e. The van der Waals surface area contributed by atoms with Crippen molar-refractivity contribution in [1.29, 1.82) is 0 Å². The van der Waals surface area contributed by atoms with E-state index in [1.54, 1.807) is 48.5 Å². The summed E-state index contributed by atoms with van der Waals surface area (Å²) < 4.78 is 32.4. The van der Waals surface area contributed by atoms with Crippen molar-refractivity contribution in [2.24, 2.45) is 0 Å². The highest BCUT2D eigenvalue weighted by atomic mass is 16.5. The van der Waals surface area contributed by atoms with E-state index in [-0.39, 0.29) is 34.0 Å². The normalized spacial score (nSPS) is 10.4. The van der Waals surface area contributed by atoms with Gasteiger partial charge in [-0.2, -0.15) is 0 Å².